The van der Waals surface area contributed by atoms with Gasteiger partial charge in [0.05, 0.1) is 5.71 Å². The highest BCUT2D eigenvalue weighted by Crippen LogP contribution is 2.28. The molecule has 0 bridgehead atoms. The van der Waals surface area contributed by atoms with Gasteiger partial charge < -0.3 is 10.0 Å². The number of fused-ring (bicyclic) bond motifs is 1. The van der Waals surface area contributed by atoms with Crippen LogP contribution in [0.15, 0.2) is 65.8 Å². The largest absolute Gasteiger partial charge is 0.507 e. The van der Waals surface area contributed by atoms with Gasteiger partial charge in [0.2, 0.25) is 0 Å². The maximum Gasteiger partial charge on any atom is 0.271 e. The molecule has 2 N–H and O–H groups in total. The molecule has 3 aromatic carbocycles. The van der Waals surface area contributed by atoms with Crippen LogP contribution in [-0.4, -0.2) is 30.8 Å². The molecule has 5 heteroatoms. The smallest absolute Gasteiger partial charge is 0.271 e. The Kier molecular flexibility index (Phi) is 4.89. The third kappa shape index (κ3) is 3.52. The number of hydrogen-bond acceptors (Lipinski definition) is 4. The predicted octanol–water partition coefficient (Wildman–Crippen LogP) is 3.77. The van der Waals surface area contributed by atoms with Crippen molar-refractivity contribution in [2.75, 3.05) is 19.0 Å². The third-order valence-corrected chi connectivity index (χ3v) is 4.26. The summed E-state index contributed by atoms with van der Waals surface area (Å²) < 4.78 is 0. The zero-order valence-corrected chi connectivity index (χ0v) is 15.0. The van der Waals surface area contributed by atoms with E-state index >= 15 is 0 Å². The first-order chi connectivity index (χ1) is 12.5. The van der Waals surface area contributed by atoms with Crippen LogP contribution < -0.4 is 10.3 Å². The van der Waals surface area contributed by atoms with Crippen LogP contribution in [0.25, 0.3) is 10.8 Å². The first kappa shape index (κ1) is 17.5. The van der Waals surface area contributed by atoms with Gasteiger partial charge in [0.15, 0.2) is 0 Å². The number of carbonyl (C=O) groups is 1. The van der Waals surface area contributed by atoms with Gasteiger partial charge in [-0.25, -0.2) is 5.43 Å². The first-order valence-electron chi connectivity index (χ1n) is 8.30. The van der Waals surface area contributed by atoms with Gasteiger partial charge in [-0.15, -0.1) is 0 Å². The summed E-state index contributed by atoms with van der Waals surface area (Å²) in [7, 11) is 3.89. The fourth-order valence-electron chi connectivity index (χ4n) is 2.72. The van der Waals surface area contributed by atoms with Crippen molar-refractivity contribution in [1.29, 1.82) is 0 Å². The molecule has 0 aromatic heterocycles. The van der Waals surface area contributed by atoms with Gasteiger partial charge >= 0.3 is 0 Å². The summed E-state index contributed by atoms with van der Waals surface area (Å²) in [4.78, 5) is 14.2. The minimum atomic E-state index is -0.296. The molecule has 3 aromatic rings. The zero-order valence-electron chi connectivity index (χ0n) is 15.0. The molecule has 3 rings (SSSR count). The van der Waals surface area contributed by atoms with Crippen LogP contribution in [0, 0.1) is 0 Å². The van der Waals surface area contributed by atoms with Crippen molar-refractivity contribution in [3.05, 3.63) is 71.8 Å². The Morgan fingerprint density at radius 2 is 1.69 bits per heavy atom. The summed E-state index contributed by atoms with van der Waals surface area (Å²) in [5.41, 5.74) is 5.21. The topological polar surface area (TPSA) is 64.9 Å². The van der Waals surface area contributed by atoms with Crippen LogP contribution in [0.1, 0.15) is 22.8 Å². The van der Waals surface area contributed by atoms with Crippen molar-refractivity contribution in [3.63, 3.8) is 0 Å². The summed E-state index contributed by atoms with van der Waals surface area (Å²) >= 11 is 0. The lowest BCUT2D eigenvalue weighted by atomic mass is 10.0. The van der Waals surface area contributed by atoms with Crippen LogP contribution in [0.5, 0.6) is 5.75 Å². The summed E-state index contributed by atoms with van der Waals surface area (Å²) in [6.45, 7) is 1.75. The summed E-state index contributed by atoms with van der Waals surface area (Å²) in [5, 5.41) is 16.3. The van der Waals surface area contributed by atoms with E-state index in [1.165, 1.54) is 0 Å². The molecule has 1 amide bonds. The van der Waals surface area contributed by atoms with Gasteiger partial charge in [-0.05, 0) is 42.6 Å². The molecule has 0 radical (unpaired) electrons. The SMILES string of the molecule is CC(=NNC(=O)c1ccc(N(C)C)cc1)c1ccc2ccccc2c1O. The molecule has 0 saturated carbocycles. The highest BCUT2D eigenvalue weighted by Gasteiger charge is 2.10. The lowest BCUT2D eigenvalue weighted by molar-refractivity contribution is 0.0955. The number of rotatable bonds is 4. The normalized spacial score (nSPS) is 11.4. The Morgan fingerprint density at radius 3 is 2.38 bits per heavy atom. The Labute approximate surface area is 152 Å². The van der Waals surface area contributed by atoms with E-state index in [0.717, 1.165) is 16.5 Å². The number of nitrogens with one attached hydrogen (secondary N) is 1. The maximum atomic E-state index is 12.3. The van der Waals surface area contributed by atoms with E-state index in [1.807, 2.05) is 61.5 Å². The second kappa shape index (κ2) is 7.27. The predicted molar refractivity (Wildman–Crippen MR) is 106 cm³/mol. The van der Waals surface area contributed by atoms with Gasteiger partial charge in [0.25, 0.3) is 5.91 Å². The molecule has 0 aliphatic carbocycles. The second-order valence-corrected chi connectivity index (χ2v) is 6.26. The van der Waals surface area contributed by atoms with Crippen LogP contribution in [-0.2, 0) is 0 Å². The molecular formula is C21H21N3O2. The van der Waals surface area contributed by atoms with Crippen LogP contribution in [0.4, 0.5) is 5.69 Å². The number of nitrogens with zero attached hydrogens (tertiary/aromatic N) is 2. The van der Waals surface area contributed by atoms with Crippen molar-refractivity contribution in [2.45, 2.75) is 6.92 Å². The maximum absolute atomic E-state index is 12.3. The first-order valence-corrected chi connectivity index (χ1v) is 8.30. The van der Waals surface area contributed by atoms with Gasteiger partial charge in [0, 0.05) is 36.3 Å². The fourth-order valence-corrected chi connectivity index (χ4v) is 2.72. The lowest BCUT2D eigenvalue weighted by Crippen LogP contribution is -2.19. The number of anilines is 1. The zero-order chi connectivity index (χ0) is 18.7. The highest BCUT2D eigenvalue weighted by molar-refractivity contribution is 6.07. The van der Waals surface area contributed by atoms with Crippen molar-refractivity contribution in [1.82, 2.24) is 5.43 Å². The Morgan fingerprint density at radius 1 is 1.00 bits per heavy atom. The monoisotopic (exact) mass is 347 g/mol. The minimum absolute atomic E-state index is 0.161. The number of hydrogen-bond donors (Lipinski definition) is 2. The van der Waals surface area contributed by atoms with E-state index in [2.05, 4.69) is 10.5 Å². The van der Waals surface area contributed by atoms with Crippen molar-refractivity contribution >= 4 is 28.1 Å². The van der Waals surface area contributed by atoms with Crippen LogP contribution in [0.2, 0.25) is 0 Å². The molecule has 0 heterocycles. The van der Waals surface area contributed by atoms with Gasteiger partial charge in [-0.1, -0.05) is 30.3 Å². The number of hydrazone groups is 1. The number of carbonyl (C=O) groups excluding carboxylic acids is 1. The van der Waals surface area contributed by atoms with Gasteiger partial charge in [0.1, 0.15) is 5.75 Å². The molecule has 0 unspecified atom stereocenters. The van der Waals surface area contributed by atoms with Crippen molar-refractivity contribution < 1.29 is 9.90 Å². The molecule has 0 spiro atoms. The van der Waals surface area contributed by atoms with Crippen LogP contribution in [0.3, 0.4) is 0 Å². The second-order valence-electron chi connectivity index (χ2n) is 6.26. The number of phenols is 1. The third-order valence-electron chi connectivity index (χ3n) is 4.26. The molecule has 5 nitrogen and oxygen atoms in total. The molecule has 0 aliphatic heterocycles. The summed E-state index contributed by atoms with van der Waals surface area (Å²) in [6, 6.07) is 18.6. The Hall–Kier alpha value is -3.34. The van der Waals surface area contributed by atoms with Crippen molar-refractivity contribution in [3.8, 4) is 5.75 Å². The van der Waals surface area contributed by atoms with E-state index in [-0.39, 0.29) is 11.7 Å². The Bertz CT molecular complexity index is 976. The molecule has 0 atom stereocenters. The van der Waals surface area contributed by atoms with E-state index in [9.17, 15) is 9.90 Å². The van der Waals surface area contributed by atoms with Gasteiger partial charge in [-0.2, -0.15) is 5.10 Å². The molecular weight excluding hydrogens is 326 g/mol. The molecule has 26 heavy (non-hydrogen) atoms. The minimum Gasteiger partial charge on any atom is -0.507 e. The average molecular weight is 347 g/mol. The molecule has 132 valence electrons. The number of amides is 1. The quantitative estimate of drug-likeness (QED) is 0.558. The number of benzene rings is 3. The van der Waals surface area contributed by atoms with E-state index < -0.39 is 0 Å². The standard InChI is InChI=1S/C21H21N3O2/c1-14(18-13-10-15-6-4-5-7-19(15)20(18)25)22-23-21(26)16-8-11-17(12-9-16)24(2)3/h4-13,25H,1-3H3,(H,23,26). The molecule has 0 fully saturated rings. The lowest BCUT2D eigenvalue weighted by Gasteiger charge is -2.12. The highest BCUT2D eigenvalue weighted by atomic mass is 16.3. The van der Waals surface area contributed by atoms with E-state index in [0.29, 0.717) is 16.8 Å². The van der Waals surface area contributed by atoms with Crippen LogP contribution >= 0.6 is 0 Å². The summed E-state index contributed by atoms with van der Waals surface area (Å²) in [6.07, 6.45) is 0. The van der Waals surface area contributed by atoms with E-state index in [1.54, 1.807) is 25.1 Å². The number of aromatic hydroxyl groups is 1. The Balaban J connectivity index is 1.79. The molecule has 0 saturated heterocycles. The van der Waals surface area contributed by atoms with Gasteiger partial charge in [-0.3, -0.25) is 4.79 Å². The van der Waals surface area contributed by atoms with Crippen molar-refractivity contribution in [2.24, 2.45) is 5.10 Å². The molecule has 0 aliphatic rings. The summed E-state index contributed by atoms with van der Waals surface area (Å²) in [5.74, 6) is -0.135. The van der Waals surface area contributed by atoms with E-state index in [4.69, 9.17) is 0 Å². The average Bonchev–Trinajstić information content (AvgIpc) is 2.66. The number of phenolic OH excluding ortho intramolecular Hbond substituents is 1. The fraction of sp³-hybridized carbons (Fsp3) is 0.143.